The van der Waals surface area contributed by atoms with Crippen molar-refractivity contribution in [3.63, 3.8) is 0 Å². The first-order chi connectivity index (χ1) is 41.4. The van der Waals surface area contributed by atoms with Crippen molar-refractivity contribution in [3.8, 4) is 0 Å². The van der Waals surface area contributed by atoms with Gasteiger partial charge in [0.2, 0.25) is 29.5 Å². The fourth-order valence-corrected chi connectivity index (χ4v) is 10.1. The van der Waals surface area contributed by atoms with Gasteiger partial charge in [0.15, 0.2) is 31.5 Å². The number of carbonyl (C=O) groups excluding carboxylic acids is 5. The second-order valence-electron chi connectivity index (χ2n) is 21.7. The van der Waals surface area contributed by atoms with E-state index in [2.05, 4.69) is 45.7 Å². The minimum Gasteiger partial charge on any atom is -0.508 e. The molecule has 0 spiro atoms. The summed E-state index contributed by atoms with van der Waals surface area (Å²) in [5.41, 5.74) is -1.68. The Morgan fingerprint density at radius 2 is 0.943 bits per heavy atom. The van der Waals surface area contributed by atoms with E-state index < -0.39 is 215 Å². The fraction of sp³-hybridized carbons (Fsp3) is 0.804. The molecule has 0 bridgehead atoms. The first-order valence-corrected chi connectivity index (χ1v) is 29.7. The second kappa shape index (κ2) is 40.2. The number of rotatable bonds is 39. The van der Waals surface area contributed by atoms with E-state index in [-0.39, 0.29) is 6.42 Å². The summed E-state index contributed by atoms with van der Waals surface area (Å²) < 4.78 is 40.6. The molecule has 3 saturated heterocycles. The van der Waals surface area contributed by atoms with E-state index in [0.29, 0.717) is 12.8 Å². The molecular formula is C56H97N5O26. The smallest absolute Gasteiger partial charge is 0.224 e. The molecule has 3 heterocycles. The van der Waals surface area contributed by atoms with E-state index in [4.69, 9.17) is 33.2 Å². The van der Waals surface area contributed by atoms with Crippen molar-refractivity contribution in [1.82, 2.24) is 26.6 Å². The maximum Gasteiger partial charge on any atom is 0.224 e. The lowest BCUT2D eigenvalue weighted by atomic mass is 9.94. The van der Waals surface area contributed by atoms with Crippen molar-refractivity contribution in [1.29, 1.82) is 0 Å². The summed E-state index contributed by atoms with van der Waals surface area (Å²) in [5.74, 6) is -6.20. The molecule has 0 saturated carbocycles. The van der Waals surface area contributed by atoms with E-state index >= 15 is 0 Å². The number of carbonyl (C=O) groups is 5. The van der Waals surface area contributed by atoms with Gasteiger partial charge in [0.25, 0.3) is 0 Å². The Balaban J connectivity index is 1.85. The van der Waals surface area contributed by atoms with Crippen LogP contribution in [-0.2, 0) is 57.1 Å². The number of aliphatic hydroxyl groups excluding tert-OH is 14. The normalized spacial score (nSPS) is 29.6. The van der Waals surface area contributed by atoms with Gasteiger partial charge in [-0.3, -0.25) is 24.0 Å². The number of amides is 5. The quantitative estimate of drug-likeness (QED) is 0.0125. The van der Waals surface area contributed by atoms with Crippen molar-refractivity contribution in [2.24, 2.45) is 0 Å². The van der Waals surface area contributed by atoms with Crippen molar-refractivity contribution in [3.05, 3.63) is 35.1 Å². The molecule has 0 aromatic carbocycles. The van der Waals surface area contributed by atoms with Crippen molar-refractivity contribution < 1.29 is 129 Å². The molecular weight excluding hydrogens is 1160 g/mol. The van der Waals surface area contributed by atoms with Gasteiger partial charge in [0.1, 0.15) is 108 Å². The molecule has 0 radical (unpaired) electrons. The highest BCUT2D eigenvalue weighted by molar-refractivity contribution is 5.78. The molecule has 5 amide bonds. The highest BCUT2D eigenvalue weighted by Gasteiger charge is 2.54. The van der Waals surface area contributed by atoms with Crippen LogP contribution in [0.4, 0.5) is 0 Å². The Hall–Kier alpha value is -4.59. The molecule has 3 rings (SSSR count). The third kappa shape index (κ3) is 24.6. The Morgan fingerprint density at radius 3 is 1.45 bits per heavy atom. The van der Waals surface area contributed by atoms with Gasteiger partial charge >= 0.3 is 0 Å². The molecule has 31 nitrogen and oxygen atoms in total. The number of ether oxygens (including phenoxy) is 7. The second-order valence-corrected chi connectivity index (χ2v) is 21.7. The topological polar surface area (TPSA) is 493 Å². The van der Waals surface area contributed by atoms with Crippen LogP contribution in [0.15, 0.2) is 35.1 Å². The molecule has 0 aliphatic carbocycles. The molecule has 87 heavy (non-hydrogen) atoms. The fourth-order valence-electron chi connectivity index (χ4n) is 10.1. The van der Waals surface area contributed by atoms with E-state index in [9.17, 15) is 95.5 Å². The van der Waals surface area contributed by atoms with Crippen LogP contribution in [0.25, 0.3) is 0 Å². The predicted octanol–water partition coefficient (Wildman–Crippen LogP) is -3.14. The van der Waals surface area contributed by atoms with Crippen LogP contribution in [0.3, 0.4) is 0 Å². The van der Waals surface area contributed by atoms with Crippen LogP contribution in [0, 0.1) is 0 Å². The summed E-state index contributed by atoms with van der Waals surface area (Å²) in [4.78, 5) is 63.0. The molecule has 502 valence electrons. The molecule has 3 aliphatic rings. The Kier molecular flexibility index (Phi) is 35.4. The first-order valence-electron chi connectivity index (χ1n) is 29.7. The maximum atomic E-state index is 13.3. The Morgan fingerprint density at radius 1 is 0.506 bits per heavy atom. The molecule has 19 N–H and O–H groups in total. The minimum atomic E-state index is -2.47. The summed E-state index contributed by atoms with van der Waals surface area (Å²) >= 11 is 0. The number of hydrogen-bond donors (Lipinski definition) is 19. The number of hydrogen-bond acceptors (Lipinski definition) is 26. The first kappa shape index (κ1) is 76.7. The van der Waals surface area contributed by atoms with Crippen LogP contribution >= 0.6 is 0 Å². The van der Waals surface area contributed by atoms with Gasteiger partial charge in [-0.25, -0.2) is 0 Å². The number of allylic oxidation sites excluding steroid dienone is 2. The van der Waals surface area contributed by atoms with Gasteiger partial charge in [0, 0.05) is 60.2 Å². The average Bonchev–Trinajstić information content (AvgIpc) is 1.13. The van der Waals surface area contributed by atoms with Crippen LogP contribution < -0.4 is 26.6 Å². The van der Waals surface area contributed by atoms with Gasteiger partial charge in [-0.2, -0.15) is 0 Å². The Bertz CT molecular complexity index is 2180. The highest BCUT2D eigenvalue weighted by Crippen LogP contribution is 2.34. The largest absolute Gasteiger partial charge is 0.508 e. The Labute approximate surface area is 505 Å². The van der Waals surface area contributed by atoms with Crippen LogP contribution in [0.1, 0.15) is 137 Å². The van der Waals surface area contributed by atoms with Crippen molar-refractivity contribution in [2.75, 3.05) is 33.0 Å². The van der Waals surface area contributed by atoms with Crippen LogP contribution in [-0.4, -0.2) is 251 Å². The van der Waals surface area contributed by atoms with Crippen LogP contribution in [0.2, 0.25) is 0 Å². The summed E-state index contributed by atoms with van der Waals surface area (Å²) in [6.45, 7) is 1.73. The van der Waals surface area contributed by atoms with E-state index in [1.54, 1.807) is 0 Å². The summed E-state index contributed by atoms with van der Waals surface area (Å²) in [6, 6.07) is -5.14. The van der Waals surface area contributed by atoms with E-state index in [0.717, 1.165) is 72.6 Å². The molecule has 31 heteroatoms. The average molecular weight is 1260 g/mol. The molecule has 0 aromatic rings. The predicted molar refractivity (Wildman–Crippen MR) is 302 cm³/mol. The zero-order valence-corrected chi connectivity index (χ0v) is 50.1. The molecule has 3 aliphatic heterocycles. The van der Waals surface area contributed by atoms with E-state index in [1.807, 2.05) is 0 Å². The maximum absolute atomic E-state index is 13.3. The van der Waals surface area contributed by atoms with Crippen molar-refractivity contribution >= 4 is 29.5 Å². The van der Waals surface area contributed by atoms with Gasteiger partial charge < -0.3 is 131 Å². The number of unbranched alkanes of at least 4 members (excludes halogenated alkanes) is 11. The minimum absolute atomic E-state index is 0.0855. The zero-order valence-electron chi connectivity index (χ0n) is 50.1. The monoisotopic (exact) mass is 1260 g/mol. The molecule has 0 aromatic heterocycles. The van der Waals surface area contributed by atoms with Gasteiger partial charge in [-0.05, 0) is 32.1 Å². The number of aliphatic hydroxyl groups is 14. The van der Waals surface area contributed by atoms with Gasteiger partial charge in [-0.15, -0.1) is 0 Å². The summed E-state index contributed by atoms with van der Waals surface area (Å²) in [6.07, 6.45) is -14.6. The lowest BCUT2D eigenvalue weighted by Crippen LogP contribution is -2.70. The summed E-state index contributed by atoms with van der Waals surface area (Å²) in [7, 11) is 0. The van der Waals surface area contributed by atoms with Gasteiger partial charge in [0.05, 0.1) is 19.8 Å². The molecule has 18 unspecified atom stereocenters. The lowest BCUT2D eigenvalue weighted by Gasteiger charge is -2.49. The standard InChI is InChI=1S/C56H97N5O26/c1-6-7-8-9-10-11-12-13-14-15-16-17-18-19-20-21-38(72)61-39(44(73)33(71)22-24-62)53(79)86-50-36(27-65)84-56(43(47(50)76)60-32(5)70)87-51-37(28-66)83-55(42(48(51)77)59-31(4)69)82-34(23-25-63)45(74)40(57-29(2)67)54(80)85-49-35(26-64)81-52(78)41(46(49)75)58-30(3)68/h11-12,33-37,41-43,46-56,62-66,71,73-80H,6-10,13-28H2,1-5H3,(H,57,67)(H,58,68)(H,59,69)(H,60,70)(H,61,72)/b12-11-,44-39-,45-40-/t33?,34-,35?,36?,37?,41?,42?,43?,46?,47?,48?,49?,50?,51?,52?,53?,54?,55?,56?/m0/s1. The highest BCUT2D eigenvalue weighted by atomic mass is 16.7. The van der Waals surface area contributed by atoms with Gasteiger partial charge in [-0.1, -0.05) is 70.4 Å². The number of nitrogens with one attached hydrogen (secondary N) is 5. The third-order valence-electron chi connectivity index (χ3n) is 14.6. The zero-order chi connectivity index (χ0) is 64.9. The summed E-state index contributed by atoms with van der Waals surface area (Å²) in [5, 5.41) is 164. The SMILES string of the molecule is CCCCCC/C=C\CCCCCCCCCC(=O)N/C(=C(\O)C(O)CCO)C(O)OC1C(CO)OC(OC2C(CO)OC(O[C@@H](CCO)/C(O)=C(/NC(C)=O)C(O)OC3C(CO)OC(O)C(NC(C)=O)C3O)C(NC(C)=O)C2O)C(NC(C)=O)C1O. The van der Waals surface area contributed by atoms with E-state index in [1.165, 1.54) is 25.7 Å². The molecule has 3 fully saturated rings. The molecule has 19 atom stereocenters. The third-order valence-corrected chi connectivity index (χ3v) is 14.6. The lowest BCUT2D eigenvalue weighted by molar-refractivity contribution is -0.342. The van der Waals surface area contributed by atoms with Crippen LogP contribution in [0.5, 0.6) is 0 Å². The van der Waals surface area contributed by atoms with Crippen molar-refractivity contribution in [2.45, 2.75) is 254 Å².